The molecule has 2 N–H and O–H groups in total. The second-order valence-corrected chi connectivity index (χ2v) is 7.74. The second-order valence-electron chi connectivity index (χ2n) is 7.74. The summed E-state index contributed by atoms with van der Waals surface area (Å²) in [6.07, 6.45) is 0.430. The van der Waals surface area contributed by atoms with E-state index in [1.54, 1.807) is 18.2 Å². The fraction of sp³-hybridized carbons (Fsp3) is 0.391. The Hall–Kier alpha value is -2.83. The number of nitrogens with one attached hydrogen (secondary N) is 2. The van der Waals surface area contributed by atoms with Crippen LogP contribution in [0, 0.1) is 6.92 Å². The third-order valence-corrected chi connectivity index (χ3v) is 5.32. The molecule has 2 aromatic rings. The minimum absolute atomic E-state index is 0.0454. The first kappa shape index (κ1) is 21.9. The van der Waals surface area contributed by atoms with Crippen molar-refractivity contribution in [3.05, 3.63) is 70.8 Å². The van der Waals surface area contributed by atoms with Gasteiger partial charge in [-0.15, -0.1) is 0 Å². The molecule has 7 heteroatoms. The van der Waals surface area contributed by atoms with E-state index < -0.39 is 23.7 Å². The minimum atomic E-state index is -4.55. The van der Waals surface area contributed by atoms with Gasteiger partial charge in [0.2, 0.25) is 5.91 Å². The smallest absolute Gasteiger partial charge is 0.351 e. The van der Waals surface area contributed by atoms with E-state index >= 15 is 0 Å². The van der Waals surface area contributed by atoms with Gasteiger partial charge < -0.3 is 10.6 Å². The maximum atomic E-state index is 13.0. The van der Waals surface area contributed by atoms with E-state index in [4.69, 9.17) is 0 Å². The summed E-state index contributed by atoms with van der Waals surface area (Å²) in [6.45, 7) is 1.87. The Kier molecular flexibility index (Phi) is 6.80. The number of rotatable bonds is 5. The van der Waals surface area contributed by atoms with Crippen LogP contribution in [0.25, 0.3) is 0 Å². The van der Waals surface area contributed by atoms with Crippen LogP contribution in [0.2, 0.25) is 0 Å². The highest BCUT2D eigenvalue weighted by Crippen LogP contribution is 2.29. The van der Waals surface area contributed by atoms with Crippen molar-refractivity contribution in [3.63, 3.8) is 0 Å². The molecule has 30 heavy (non-hydrogen) atoms. The molecule has 1 saturated carbocycles. The molecule has 160 valence electrons. The van der Waals surface area contributed by atoms with Crippen molar-refractivity contribution in [1.29, 1.82) is 0 Å². The first-order valence-electron chi connectivity index (χ1n) is 10.1. The molecule has 1 unspecified atom stereocenters. The summed E-state index contributed by atoms with van der Waals surface area (Å²) < 4.78 is 39.0. The fourth-order valence-corrected chi connectivity index (χ4v) is 3.73. The topological polar surface area (TPSA) is 58.2 Å². The molecule has 1 fully saturated rings. The molecule has 0 bridgehead atoms. The summed E-state index contributed by atoms with van der Waals surface area (Å²) in [5, 5.41) is 5.62. The Morgan fingerprint density at radius 2 is 1.70 bits per heavy atom. The quantitative estimate of drug-likeness (QED) is 0.723. The number of carbonyl (C=O) groups is 2. The third-order valence-electron chi connectivity index (χ3n) is 5.32. The van der Waals surface area contributed by atoms with Crippen molar-refractivity contribution in [2.45, 2.75) is 57.3 Å². The SMILES string of the molecule is Cc1cccc(C(NC(=O)c2cccc(C(F)(F)F)c2)C(=O)NC2CCCCC2)c1. The molecule has 1 aliphatic carbocycles. The van der Waals surface area contributed by atoms with Gasteiger partial charge in [0, 0.05) is 11.6 Å². The van der Waals surface area contributed by atoms with E-state index in [0.717, 1.165) is 49.8 Å². The zero-order chi connectivity index (χ0) is 21.7. The Labute approximate surface area is 173 Å². The van der Waals surface area contributed by atoms with Crippen LogP contribution < -0.4 is 10.6 Å². The lowest BCUT2D eigenvalue weighted by Crippen LogP contribution is -2.45. The van der Waals surface area contributed by atoms with Gasteiger partial charge >= 0.3 is 6.18 Å². The summed E-state index contributed by atoms with van der Waals surface area (Å²) in [5.41, 5.74) is 0.446. The maximum absolute atomic E-state index is 13.0. The molecule has 0 heterocycles. The molecule has 2 aromatic carbocycles. The fourth-order valence-electron chi connectivity index (χ4n) is 3.73. The van der Waals surface area contributed by atoms with Gasteiger partial charge in [-0.25, -0.2) is 0 Å². The van der Waals surface area contributed by atoms with Gasteiger partial charge in [-0.05, 0) is 43.5 Å². The van der Waals surface area contributed by atoms with Gasteiger partial charge in [-0.3, -0.25) is 9.59 Å². The molecule has 0 spiro atoms. The summed E-state index contributed by atoms with van der Waals surface area (Å²) in [7, 11) is 0. The zero-order valence-corrected chi connectivity index (χ0v) is 16.8. The van der Waals surface area contributed by atoms with E-state index in [9.17, 15) is 22.8 Å². The Morgan fingerprint density at radius 3 is 2.37 bits per heavy atom. The summed E-state index contributed by atoms with van der Waals surface area (Å²) in [4.78, 5) is 25.7. The standard InChI is InChI=1S/C23H25F3N2O2/c1-15-7-5-8-16(13-15)20(22(30)27-19-11-3-2-4-12-19)28-21(29)17-9-6-10-18(14-17)23(24,25)26/h5-10,13-14,19-20H,2-4,11-12H2,1H3,(H,27,30)(H,28,29). The van der Waals surface area contributed by atoms with Crippen molar-refractivity contribution < 1.29 is 22.8 Å². The van der Waals surface area contributed by atoms with E-state index in [2.05, 4.69) is 10.6 Å². The molecule has 2 amide bonds. The minimum Gasteiger partial charge on any atom is -0.351 e. The predicted molar refractivity (Wildman–Crippen MR) is 108 cm³/mol. The van der Waals surface area contributed by atoms with Crippen molar-refractivity contribution in [2.24, 2.45) is 0 Å². The van der Waals surface area contributed by atoms with Crippen LogP contribution in [0.4, 0.5) is 13.2 Å². The predicted octanol–water partition coefficient (Wildman–Crippen LogP) is 4.93. The van der Waals surface area contributed by atoms with E-state index in [1.165, 1.54) is 12.1 Å². The first-order chi connectivity index (χ1) is 14.2. The number of aryl methyl sites for hydroxylation is 1. The van der Waals surface area contributed by atoms with Crippen LogP contribution in [0.5, 0.6) is 0 Å². The Balaban J connectivity index is 1.83. The number of carbonyl (C=O) groups excluding carboxylic acids is 2. The summed E-state index contributed by atoms with van der Waals surface area (Å²) in [6, 6.07) is 10.4. The second kappa shape index (κ2) is 9.32. The lowest BCUT2D eigenvalue weighted by molar-refractivity contribution is -0.137. The highest BCUT2D eigenvalue weighted by Gasteiger charge is 2.32. The highest BCUT2D eigenvalue weighted by atomic mass is 19.4. The van der Waals surface area contributed by atoms with Gasteiger partial charge in [0.15, 0.2) is 0 Å². The van der Waals surface area contributed by atoms with Crippen molar-refractivity contribution >= 4 is 11.8 Å². The average Bonchev–Trinajstić information content (AvgIpc) is 2.72. The van der Waals surface area contributed by atoms with Gasteiger partial charge in [-0.2, -0.15) is 13.2 Å². The third kappa shape index (κ3) is 5.62. The number of amides is 2. The van der Waals surface area contributed by atoms with Crippen LogP contribution >= 0.6 is 0 Å². The van der Waals surface area contributed by atoms with Gasteiger partial charge in [0.1, 0.15) is 6.04 Å². The largest absolute Gasteiger partial charge is 0.416 e. The number of hydrogen-bond acceptors (Lipinski definition) is 2. The van der Waals surface area contributed by atoms with Crippen LogP contribution in [0.15, 0.2) is 48.5 Å². The average molecular weight is 418 g/mol. The Morgan fingerprint density at radius 1 is 1.00 bits per heavy atom. The van der Waals surface area contributed by atoms with E-state index in [-0.39, 0.29) is 17.5 Å². The maximum Gasteiger partial charge on any atom is 0.416 e. The molecule has 0 radical (unpaired) electrons. The molecule has 0 aromatic heterocycles. The van der Waals surface area contributed by atoms with Crippen LogP contribution in [0.3, 0.4) is 0 Å². The van der Waals surface area contributed by atoms with Crippen molar-refractivity contribution in [3.8, 4) is 0 Å². The normalized spacial score (nSPS) is 16.0. The molecule has 0 saturated heterocycles. The summed E-state index contributed by atoms with van der Waals surface area (Å²) in [5.74, 6) is -1.08. The first-order valence-corrected chi connectivity index (χ1v) is 10.1. The number of halogens is 3. The van der Waals surface area contributed by atoms with E-state index in [1.807, 2.05) is 13.0 Å². The van der Waals surface area contributed by atoms with Crippen molar-refractivity contribution in [2.75, 3.05) is 0 Å². The zero-order valence-electron chi connectivity index (χ0n) is 16.8. The van der Waals surface area contributed by atoms with Gasteiger partial charge in [-0.1, -0.05) is 55.2 Å². The lowest BCUT2D eigenvalue weighted by atomic mass is 9.94. The van der Waals surface area contributed by atoms with Crippen LogP contribution in [-0.4, -0.2) is 17.9 Å². The Bertz CT molecular complexity index is 905. The number of alkyl halides is 3. The molecule has 4 nitrogen and oxygen atoms in total. The molecular weight excluding hydrogens is 393 g/mol. The molecular formula is C23H25F3N2O2. The van der Waals surface area contributed by atoms with Crippen molar-refractivity contribution in [1.82, 2.24) is 10.6 Å². The van der Waals surface area contributed by atoms with Gasteiger partial charge in [0.05, 0.1) is 5.56 Å². The van der Waals surface area contributed by atoms with Gasteiger partial charge in [0.25, 0.3) is 5.91 Å². The molecule has 0 aliphatic heterocycles. The monoisotopic (exact) mass is 418 g/mol. The lowest BCUT2D eigenvalue weighted by Gasteiger charge is -2.26. The number of hydrogen-bond donors (Lipinski definition) is 2. The van der Waals surface area contributed by atoms with Crippen LogP contribution in [0.1, 0.15) is 65.2 Å². The summed E-state index contributed by atoms with van der Waals surface area (Å²) >= 11 is 0. The molecule has 1 aliphatic rings. The highest BCUT2D eigenvalue weighted by molar-refractivity contribution is 5.98. The number of benzene rings is 2. The molecule has 1 atom stereocenters. The van der Waals surface area contributed by atoms with E-state index in [0.29, 0.717) is 5.56 Å². The molecule has 3 rings (SSSR count). The van der Waals surface area contributed by atoms with Crippen LogP contribution in [-0.2, 0) is 11.0 Å².